The van der Waals surface area contributed by atoms with E-state index in [2.05, 4.69) is 10.3 Å². The Kier molecular flexibility index (Phi) is 5.77. The summed E-state index contributed by atoms with van der Waals surface area (Å²) in [6.45, 7) is 5.81. The zero-order chi connectivity index (χ0) is 21.3. The van der Waals surface area contributed by atoms with Crippen LogP contribution in [-0.2, 0) is 10.0 Å². The van der Waals surface area contributed by atoms with Gasteiger partial charge >= 0.3 is 0 Å². The molecule has 4 N–H and O–H groups in total. The van der Waals surface area contributed by atoms with E-state index in [4.69, 9.17) is 5.14 Å². The first kappa shape index (κ1) is 21.0. The normalized spacial score (nSPS) is 11.9. The average Bonchev–Trinajstić information content (AvgIpc) is 2.61. The molecular formula is C21H24FN3O3S. The highest BCUT2D eigenvalue weighted by atomic mass is 32.2. The summed E-state index contributed by atoms with van der Waals surface area (Å²) in [6.07, 6.45) is 0. The van der Waals surface area contributed by atoms with Crippen molar-refractivity contribution in [2.45, 2.75) is 26.7 Å². The summed E-state index contributed by atoms with van der Waals surface area (Å²) >= 11 is 0. The van der Waals surface area contributed by atoms with Gasteiger partial charge in [-0.1, -0.05) is 19.9 Å². The molecule has 0 fully saturated rings. The Balaban J connectivity index is 2.27. The Hall–Kier alpha value is -2.71. The number of aromatic nitrogens is 1. The van der Waals surface area contributed by atoms with Gasteiger partial charge < -0.3 is 10.4 Å². The smallest absolute Gasteiger partial charge is 0.210 e. The highest BCUT2D eigenvalue weighted by molar-refractivity contribution is 7.89. The van der Waals surface area contributed by atoms with Crippen LogP contribution < -0.4 is 10.5 Å². The molecule has 0 saturated heterocycles. The minimum Gasteiger partial charge on any atom is -0.508 e. The zero-order valence-corrected chi connectivity index (χ0v) is 17.3. The molecule has 0 unspecified atom stereocenters. The predicted molar refractivity (Wildman–Crippen MR) is 114 cm³/mol. The number of fused-ring (bicyclic) bond motifs is 1. The molecule has 3 rings (SSSR count). The Bertz CT molecular complexity index is 1180. The molecule has 0 saturated carbocycles. The molecule has 0 radical (unpaired) electrons. The number of sulfonamides is 1. The summed E-state index contributed by atoms with van der Waals surface area (Å²) in [5.74, 6) is 0.0908. The van der Waals surface area contributed by atoms with Crippen LogP contribution in [-0.4, -0.2) is 30.8 Å². The number of benzene rings is 2. The van der Waals surface area contributed by atoms with Gasteiger partial charge in [0.15, 0.2) is 0 Å². The van der Waals surface area contributed by atoms with E-state index >= 15 is 0 Å². The van der Waals surface area contributed by atoms with Crippen molar-refractivity contribution in [1.82, 2.24) is 4.98 Å². The zero-order valence-electron chi connectivity index (χ0n) is 16.5. The number of nitrogens with two attached hydrogens (primary N) is 1. The van der Waals surface area contributed by atoms with E-state index in [9.17, 15) is 17.9 Å². The van der Waals surface area contributed by atoms with Gasteiger partial charge in [-0.2, -0.15) is 0 Å². The Labute approximate surface area is 169 Å². The van der Waals surface area contributed by atoms with Crippen molar-refractivity contribution in [2.24, 2.45) is 5.14 Å². The molecule has 3 aromatic rings. The van der Waals surface area contributed by atoms with Gasteiger partial charge in [-0.15, -0.1) is 0 Å². The lowest BCUT2D eigenvalue weighted by molar-refractivity contribution is 0.476. The molecule has 0 atom stereocenters. The van der Waals surface area contributed by atoms with Gasteiger partial charge in [-0.05, 0) is 53.8 Å². The molecule has 2 aromatic carbocycles. The Morgan fingerprint density at radius 1 is 1.21 bits per heavy atom. The lowest BCUT2D eigenvalue weighted by atomic mass is 9.89. The number of primary sulfonamides is 1. The second kappa shape index (κ2) is 7.96. The monoisotopic (exact) mass is 417 g/mol. The van der Waals surface area contributed by atoms with E-state index in [-0.39, 0.29) is 29.8 Å². The van der Waals surface area contributed by atoms with Gasteiger partial charge in [0.2, 0.25) is 10.0 Å². The third kappa shape index (κ3) is 4.65. The number of hydrogen-bond acceptors (Lipinski definition) is 5. The number of aryl methyl sites for hydroxylation is 1. The fourth-order valence-electron chi connectivity index (χ4n) is 3.39. The van der Waals surface area contributed by atoms with Crippen molar-refractivity contribution in [2.75, 3.05) is 17.6 Å². The maximum atomic E-state index is 13.9. The van der Waals surface area contributed by atoms with Gasteiger partial charge in [0.05, 0.1) is 11.3 Å². The summed E-state index contributed by atoms with van der Waals surface area (Å²) in [5, 5.41) is 18.9. The number of pyridine rings is 1. The highest BCUT2D eigenvalue weighted by Gasteiger charge is 2.20. The SMILES string of the molecule is Cc1cc(-c2c(C(C)C)c(NCCS(N)(=O)=O)nc3cc(O)ccc23)ccc1F. The number of nitrogens with zero attached hydrogens (tertiary/aromatic N) is 1. The van der Waals surface area contributed by atoms with Crippen molar-refractivity contribution in [3.63, 3.8) is 0 Å². The maximum Gasteiger partial charge on any atom is 0.210 e. The van der Waals surface area contributed by atoms with Gasteiger partial charge in [-0.25, -0.2) is 22.9 Å². The van der Waals surface area contributed by atoms with Crippen LogP contribution in [0.4, 0.5) is 10.2 Å². The lowest BCUT2D eigenvalue weighted by Gasteiger charge is -2.21. The van der Waals surface area contributed by atoms with Crippen molar-refractivity contribution < 1.29 is 17.9 Å². The first-order valence-corrected chi connectivity index (χ1v) is 11.0. The molecule has 0 aliphatic heterocycles. The van der Waals surface area contributed by atoms with Crippen LogP contribution in [0.3, 0.4) is 0 Å². The van der Waals surface area contributed by atoms with E-state index in [1.54, 1.807) is 37.3 Å². The molecule has 29 heavy (non-hydrogen) atoms. The van der Waals surface area contributed by atoms with E-state index < -0.39 is 10.0 Å². The van der Waals surface area contributed by atoms with E-state index in [1.165, 1.54) is 6.07 Å². The average molecular weight is 418 g/mol. The minimum absolute atomic E-state index is 0.0399. The second-order valence-corrected chi connectivity index (χ2v) is 9.10. The number of aromatic hydroxyl groups is 1. The fraction of sp³-hybridized carbons (Fsp3) is 0.286. The van der Waals surface area contributed by atoms with Crippen molar-refractivity contribution >= 4 is 26.7 Å². The molecule has 0 amide bonds. The molecular weight excluding hydrogens is 393 g/mol. The van der Waals surface area contributed by atoms with Crippen LogP contribution in [0.2, 0.25) is 0 Å². The van der Waals surface area contributed by atoms with Crippen LogP contribution in [0.1, 0.15) is 30.9 Å². The molecule has 0 aliphatic carbocycles. The van der Waals surface area contributed by atoms with Crippen LogP contribution in [0.5, 0.6) is 5.75 Å². The quantitative estimate of drug-likeness (QED) is 0.564. The van der Waals surface area contributed by atoms with E-state index in [1.807, 2.05) is 13.8 Å². The van der Waals surface area contributed by atoms with Crippen molar-refractivity contribution in [1.29, 1.82) is 0 Å². The fourth-order valence-corrected chi connectivity index (χ4v) is 3.77. The van der Waals surface area contributed by atoms with Crippen LogP contribution in [0.25, 0.3) is 22.0 Å². The molecule has 0 aliphatic rings. The Morgan fingerprint density at radius 3 is 2.55 bits per heavy atom. The number of phenolic OH excluding ortho intramolecular Hbond substituents is 1. The maximum absolute atomic E-state index is 13.9. The number of nitrogens with one attached hydrogen (secondary N) is 1. The van der Waals surface area contributed by atoms with Gasteiger partial charge in [0.25, 0.3) is 0 Å². The molecule has 0 bridgehead atoms. The number of rotatable bonds is 6. The van der Waals surface area contributed by atoms with Crippen LogP contribution >= 0.6 is 0 Å². The standard InChI is InChI=1S/C21H24FN3O3S/c1-12(2)19-20(14-4-7-17(22)13(3)10-14)16-6-5-15(26)11-18(16)25-21(19)24-8-9-29(23,27)28/h4-7,10-12,26H,8-9H2,1-3H3,(H,24,25)(H2,23,27,28). The van der Waals surface area contributed by atoms with Crippen LogP contribution in [0.15, 0.2) is 36.4 Å². The molecule has 6 nitrogen and oxygen atoms in total. The first-order chi connectivity index (χ1) is 13.6. The number of halogens is 1. The summed E-state index contributed by atoms with van der Waals surface area (Å²) < 4.78 is 36.5. The number of anilines is 1. The number of phenols is 1. The minimum atomic E-state index is -3.62. The van der Waals surface area contributed by atoms with Crippen molar-refractivity contribution in [3.05, 3.63) is 53.3 Å². The van der Waals surface area contributed by atoms with Gasteiger partial charge in [0.1, 0.15) is 17.4 Å². The van der Waals surface area contributed by atoms with Gasteiger partial charge in [-0.3, -0.25) is 0 Å². The summed E-state index contributed by atoms with van der Waals surface area (Å²) in [4.78, 5) is 4.62. The summed E-state index contributed by atoms with van der Waals surface area (Å²) in [5.41, 5.74) is 3.63. The molecule has 8 heteroatoms. The first-order valence-electron chi connectivity index (χ1n) is 9.24. The largest absolute Gasteiger partial charge is 0.508 e. The molecule has 1 heterocycles. The molecule has 0 spiro atoms. The van der Waals surface area contributed by atoms with E-state index in [0.717, 1.165) is 22.1 Å². The second-order valence-electron chi connectivity index (χ2n) is 7.36. The lowest BCUT2D eigenvalue weighted by Crippen LogP contribution is -2.23. The topological polar surface area (TPSA) is 105 Å². The van der Waals surface area contributed by atoms with E-state index in [0.29, 0.717) is 16.9 Å². The predicted octanol–water partition coefficient (Wildman–Crippen LogP) is 3.88. The highest BCUT2D eigenvalue weighted by Crippen LogP contribution is 2.40. The van der Waals surface area contributed by atoms with Gasteiger partial charge in [0, 0.05) is 23.6 Å². The van der Waals surface area contributed by atoms with Crippen LogP contribution in [0, 0.1) is 12.7 Å². The molecule has 1 aromatic heterocycles. The summed E-state index contributed by atoms with van der Waals surface area (Å²) in [6, 6.07) is 9.83. The number of hydrogen-bond donors (Lipinski definition) is 3. The third-order valence-corrected chi connectivity index (χ3v) is 5.48. The molecule has 154 valence electrons. The Morgan fingerprint density at radius 2 is 1.93 bits per heavy atom. The third-order valence-electron chi connectivity index (χ3n) is 4.71. The summed E-state index contributed by atoms with van der Waals surface area (Å²) in [7, 11) is -3.62. The van der Waals surface area contributed by atoms with Crippen molar-refractivity contribution in [3.8, 4) is 16.9 Å².